The van der Waals surface area contributed by atoms with Crippen molar-refractivity contribution < 1.29 is 9.13 Å². The highest BCUT2D eigenvalue weighted by atomic mass is 19.1. The molecule has 0 amide bonds. The molecule has 1 unspecified atom stereocenters. The van der Waals surface area contributed by atoms with Crippen molar-refractivity contribution in [3.63, 3.8) is 0 Å². The summed E-state index contributed by atoms with van der Waals surface area (Å²) in [7, 11) is 0. The summed E-state index contributed by atoms with van der Waals surface area (Å²) in [5.41, 5.74) is 0.381. The number of halogens is 1. The highest BCUT2D eigenvalue weighted by Gasteiger charge is 2.03. The average Bonchev–Trinajstić information content (AvgIpc) is 2.19. The van der Waals surface area contributed by atoms with Gasteiger partial charge in [-0.3, -0.25) is 0 Å². The maximum Gasteiger partial charge on any atom is 0.213 e. The van der Waals surface area contributed by atoms with Gasteiger partial charge in [-0.1, -0.05) is 20.3 Å². The monoisotopic (exact) mass is 197 g/mol. The summed E-state index contributed by atoms with van der Waals surface area (Å²) >= 11 is 0. The first-order valence-electron chi connectivity index (χ1n) is 4.89. The summed E-state index contributed by atoms with van der Waals surface area (Å²) < 4.78 is 18.3. The second kappa shape index (κ2) is 4.94. The largest absolute Gasteiger partial charge is 0.477 e. The van der Waals surface area contributed by atoms with E-state index in [-0.39, 0.29) is 5.82 Å². The van der Waals surface area contributed by atoms with E-state index < -0.39 is 0 Å². The lowest BCUT2D eigenvalue weighted by Gasteiger charge is -2.10. The van der Waals surface area contributed by atoms with E-state index in [4.69, 9.17) is 4.74 Å². The predicted octanol–water partition coefficient (Wildman–Crippen LogP) is 2.95. The number of pyridine rings is 1. The van der Waals surface area contributed by atoms with Gasteiger partial charge >= 0.3 is 0 Å². The van der Waals surface area contributed by atoms with E-state index in [0.29, 0.717) is 24.1 Å². The van der Waals surface area contributed by atoms with E-state index >= 15 is 0 Å². The Balaban J connectivity index is 2.55. The van der Waals surface area contributed by atoms with Gasteiger partial charge < -0.3 is 4.74 Å². The molecule has 1 aromatic heterocycles. The molecule has 2 nitrogen and oxygen atoms in total. The van der Waals surface area contributed by atoms with Crippen LogP contribution in [0.25, 0.3) is 0 Å². The van der Waals surface area contributed by atoms with Crippen molar-refractivity contribution in [3.05, 3.63) is 23.6 Å². The van der Waals surface area contributed by atoms with Gasteiger partial charge in [-0.15, -0.1) is 0 Å². The Morgan fingerprint density at radius 3 is 2.79 bits per heavy atom. The maximum absolute atomic E-state index is 12.8. The van der Waals surface area contributed by atoms with E-state index in [9.17, 15) is 4.39 Å². The molecule has 1 heterocycles. The zero-order valence-corrected chi connectivity index (χ0v) is 8.88. The third kappa shape index (κ3) is 2.98. The molecule has 0 aliphatic heterocycles. The van der Waals surface area contributed by atoms with Crippen molar-refractivity contribution in [2.45, 2.75) is 27.2 Å². The minimum Gasteiger partial charge on any atom is -0.477 e. The first-order chi connectivity index (χ1) is 6.63. The molecule has 0 aliphatic rings. The quantitative estimate of drug-likeness (QED) is 0.740. The molecule has 0 radical (unpaired) electrons. The van der Waals surface area contributed by atoms with Crippen LogP contribution in [0.3, 0.4) is 0 Å². The van der Waals surface area contributed by atoms with E-state index in [2.05, 4.69) is 18.8 Å². The number of aromatic nitrogens is 1. The van der Waals surface area contributed by atoms with Crippen molar-refractivity contribution >= 4 is 0 Å². The van der Waals surface area contributed by atoms with Crippen molar-refractivity contribution in [3.8, 4) is 5.88 Å². The molecular formula is C11H16FNO. The van der Waals surface area contributed by atoms with Gasteiger partial charge in [-0.25, -0.2) is 9.37 Å². The molecule has 0 N–H and O–H groups in total. The number of hydrogen-bond acceptors (Lipinski definition) is 2. The summed E-state index contributed by atoms with van der Waals surface area (Å²) in [6.45, 7) is 6.48. The zero-order valence-electron chi connectivity index (χ0n) is 8.88. The van der Waals surface area contributed by atoms with Crippen LogP contribution in [0.5, 0.6) is 5.88 Å². The van der Waals surface area contributed by atoms with E-state index in [0.717, 1.165) is 6.42 Å². The molecule has 14 heavy (non-hydrogen) atoms. The third-order valence-electron chi connectivity index (χ3n) is 2.21. The van der Waals surface area contributed by atoms with E-state index in [1.165, 1.54) is 6.07 Å². The molecule has 1 rings (SSSR count). The number of nitrogens with zero attached hydrogens (tertiary/aromatic N) is 1. The van der Waals surface area contributed by atoms with Crippen LogP contribution in [0.15, 0.2) is 12.1 Å². The van der Waals surface area contributed by atoms with E-state index in [1.807, 2.05) is 0 Å². The van der Waals surface area contributed by atoms with Crippen LogP contribution in [0.1, 0.15) is 26.0 Å². The Hall–Kier alpha value is -1.12. The summed E-state index contributed by atoms with van der Waals surface area (Å²) in [4.78, 5) is 3.98. The Morgan fingerprint density at radius 1 is 1.50 bits per heavy atom. The van der Waals surface area contributed by atoms with Crippen molar-refractivity contribution in [2.24, 2.45) is 5.92 Å². The topological polar surface area (TPSA) is 22.1 Å². The first kappa shape index (κ1) is 11.0. The van der Waals surface area contributed by atoms with Crippen LogP contribution in [0.4, 0.5) is 4.39 Å². The second-order valence-corrected chi connectivity index (χ2v) is 3.54. The molecule has 78 valence electrons. The normalized spacial score (nSPS) is 12.6. The van der Waals surface area contributed by atoms with Crippen molar-refractivity contribution in [2.75, 3.05) is 6.61 Å². The molecule has 3 heteroatoms. The summed E-state index contributed by atoms with van der Waals surface area (Å²) in [5, 5.41) is 0. The van der Waals surface area contributed by atoms with E-state index in [1.54, 1.807) is 13.0 Å². The van der Waals surface area contributed by atoms with Crippen LogP contribution >= 0.6 is 0 Å². The highest BCUT2D eigenvalue weighted by molar-refractivity contribution is 5.16. The molecule has 0 saturated heterocycles. The predicted molar refractivity (Wildman–Crippen MR) is 53.9 cm³/mol. The van der Waals surface area contributed by atoms with Crippen molar-refractivity contribution in [1.29, 1.82) is 0 Å². The van der Waals surface area contributed by atoms with Gasteiger partial charge in [0.2, 0.25) is 5.88 Å². The fourth-order valence-corrected chi connectivity index (χ4v) is 0.947. The molecule has 0 bridgehead atoms. The molecule has 0 spiro atoms. The Morgan fingerprint density at radius 2 is 2.21 bits per heavy atom. The third-order valence-corrected chi connectivity index (χ3v) is 2.21. The second-order valence-electron chi connectivity index (χ2n) is 3.54. The lowest BCUT2D eigenvalue weighted by atomic mass is 10.1. The Bertz CT molecular complexity index is 301. The number of hydrogen-bond donors (Lipinski definition) is 0. The minimum atomic E-state index is -0.291. The Kier molecular flexibility index (Phi) is 3.86. The summed E-state index contributed by atoms with van der Waals surface area (Å²) in [5.74, 6) is 0.715. The smallest absolute Gasteiger partial charge is 0.213 e. The molecule has 0 aliphatic carbocycles. The van der Waals surface area contributed by atoms with Gasteiger partial charge in [0.05, 0.1) is 12.3 Å². The number of aryl methyl sites for hydroxylation is 1. The van der Waals surface area contributed by atoms with Gasteiger partial charge in [-0.05, 0) is 18.9 Å². The molecule has 1 aromatic rings. The van der Waals surface area contributed by atoms with Crippen LogP contribution in [-0.2, 0) is 0 Å². The van der Waals surface area contributed by atoms with Crippen LogP contribution < -0.4 is 4.74 Å². The fraction of sp³-hybridized carbons (Fsp3) is 0.545. The molecule has 0 saturated carbocycles. The Labute approximate surface area is 84.1 Å². The maximum atomic E-state index is 12.8. The highest BCUT2D eigenvalue weighted by Crippen LogP contribution is 2.12. The van der Waals surface area contributed by atoms with Crippen LogP contribution in [-0.4, -0.2) is 11.6 Å². The number of rotatable bonds is 4. The van der Waals surface area contributed by atoms with Crippen LogP contribution in [0.2, 0.25) is 0 Å². The fourth-order valence-electron chi connectivity index (χ4n) is 0.947. The molecular weight excluding hydrogens is 181 g/mol. The summed E-state index contributed by atoms with van der Waals surface area (Å²) in [6.07, 6.45) is 1.07. The lowest BCUT2D eigenvalue weighted by molar-refractivity contribution is 0.247. The van der Waals surface area contributed by atoms with Gasteiger partial charge in [0.15, 0.2) is 0 Å². The lowest BCUT2D eigenvalue weighted by Crippen LogP contribution is -2.08. The molecule has 1 atom stereocenters. The van der Waals surface area contributed by atoms with Gasteiger partial charge in [0.25, 0.3) is 0 Å². The minimum absolute atomic E-state index is 0.291. The zero-order chi connectivity index (χ0) is 10.6. The van der Waals surface area contributed by atoms with Gasteiger partial charge in [0, 0.05) is 6.07 Å². The SMILES string of the molecule is CCC(C)COc1ccc(F)c(C)n1. The first-order valence-corrected chi connectivity index (χ1v) is 4.89. The average molecular weight is 197 g/mol. The molecule has 0 fully saturated rings. The van der Waals surface area contributed by atoms with Crippen molar-refractivity contribution in [1.82, 2.24) is 4.98 Å². The molecule has 0 aromatic carbocycles. The van der Waals surface area contributed by atoms with Gasteiger partial charge in [0.1, 0.15) is 5.82 Å². The summed E-state index contributed by atoms with van der Waals surface area (Å²) in [6, 6.07) is 2.94. The number of ether oxygens (including phenoxy) is 1. The van der Waals surface area contributed by atoms with Crippen LogP contribution in [0, 0.1) is 18.7 Å². The standard InChI is InChI=1S/C11H16FNO/c1-4-8(2)7-14-11-6-5-10(12)9(3)13-11/h5-6,8H,4,7H2,1-3H3. The van der Waals surface area contributed by atoms with Gasteiger partial charge in [-0.2, -0.15) is 0 Å².